The summed E-state index contributed by atoms with van der Waals surface area (Å²) in [6.45, 7) is 0. The number of hydrogen-bond donors (Lipinski definition) is 1. The number of pyridine rings is 1. The second-order valence-corrected chi connectivity index (χ2v) is 7.49. The Labute approximate surface area is 146 Å². The van der Waals surface area contributed by atoms with Gasteiger partial charge in [-0.05, 0) is 46.3 Å². The van der Waals surface area contributed by atoms with Crippen LogP contribution in [0.2, 0.25) is 0 Å². The monoisotopic (exact) mass is 406 g/mol. The van der Waals surface area contributed by atoms with Crippen LogP contribution in [0.4, 0.5) is 0 Å². The maximum Gasteiger partial charge on any atom is 0.328 e. The number of aliphatic carboxylic acids is 1. The summed E-state index contributed by atoms with van der Waals surface area (Å²) in [7, 11) is -3.93. The van der Waals surface area contributed by atoms with Gasteiger partial charge in [-0.25, -0.2) is 22.2 Å². The SMILES string of the molecule is O=C(O)/C=C/c1cc2c(Br)ccnc2n1S(=O)(=O)c1ccccc1. The summed E-state index contributed by atoms with van der Waals surface area (Å²) >= 11 is 3.36. The molecule has 3 aromatic rings. The molecule has 0 aliphatic rings. The first-order valence-corrected chi connectivity index (χ1v) is 9.02. The van der Waals surface area contributed by atoms with Crippen molar-refractivity contribution in [2.45, 2.75) is 4.90 Å². The summed E-state index contributed by atoms with van der Waals surface area (Å²) in [5.41, 5.74) is 0.425. The molecule has 24 heavy (non-hydrogen) atoms. The molecule has 6 nitrogen and oxygen atoms in total. The Bertz CT molecular complexity index is 1060. The smallest absolute Gasteiger partial charge is 0.328 e. The number of rotatable bonds is 4. The molecule has 0 aliphatic carbocycles. The largest absolute Gasteiger partial charge is 0.478 e. The van der Waals surface area contributed by atoms with Gasteiger partial charge < -0.3 is 5.11 Å². The van der Waals surface area contributed by atoms with Crippen molar-refractivity contribution in [1.82, 2.24) is 8.96 Å². The Morgan fingerprint density at radius 2 is 1.92 bits per heavy atom. The van der Waals surface area contributed by atoms with Gasteiger partial charge in [0.15, 0.2) is 5.65 Å². The van der Waals surface area contributed by atoms with Crippen LogP contribution < -0.4 is 0 Å². The lowest BCUT2D eigenvalue weighted by Crippen LogP contribution is -2.14. The van der Waals surface area contributed by atoms with E-state index >= 15 is 0 Å². The number of aromatic nitrogens is 2. The van der Waals surface area contributed by atoms with Crippen LogP contribution in [0.5, 0.6) is 0 Å². The number of carbonyl (C=O) groups is 1. The van der Waals surface area contributed by atoms with Crippen molar-refractivity contribution in [2.75, 3.05) is 0 Å². The lowest BCUT2D eigenvalue weighted by Gasteiger charge is -2.09. The van der Waals surface area contributed by atoms with Crippen LogP contribution in [-0.4, -0.2) is 28.5 Å². The van der Waals surface area contributed by atoms with Crippen molar-refractivity contribution in [3.63, 3.8) is 0 Å². The molecule has 122 valence electrons. The van der Waals surface area contributed by atoms with Crippen LogP contribution >= 0.6 is 15.9 Å². The second-order valence-electron chi connectivity index (χ2n) is 4.85. The summed E-state index contributed by atoms with van der Waals surface area (Å²) in [6.07, 6.45) is 3.60. The van der Waals surface area contributed by atoms with E-state index in [2.05, 4.69) is 20.9 Å². The molecule has 0 radical (unpaired) electrons. The lowest BCUT2D eigenvalue weighted by molar-refractivity contribution is -0.131. The van der Waals surface area contributed by atoms with Gasteiger partial charge in [0.05, 0.1) is 10.6 Å². The topological polar surface area (TPSA) is 89.3 Å². The first-order valence-electron chi connectivity index (χ1n) is 6.79. The molecule has 0 atom stereocenters. The van der Waals surface area contributed by atoms with Crippen molar-refractivity contribution in [3.05, 3.63) is 64.9 Å². The molecular formula is C16H11BrN2O4S. The first kappa shape index (κ1) is 16.4. The molecule has 3 rings (SSSR count). The molecule has 2 aromatic heterocycles. The third-order valence-corrected chi connectivity index (χ3v) is 5.74. The summed E-state index contributed by atoms with van der Waals surface area (Å²) in [6, 6.07) is 11.2. The standard InChI is InChI=1S/C16H11BrN2O4S/c17-14-8-9-18-16-13(14)10-11(6-7-15(20)21)19(16)24(22,23)12-4-2-1-3-5-12/h1-10H,(H,20,21)/b7-6+. The molecule has 1 aromatic carbocycles. The van der Waals surface area contributed by atoms with E-state index in [1.54, 1.807) is 30.3 Å². The Morgan fingerprint density at radius 3 is 2.58 bits per heavy atom. The lowest BCUT2D eigenvalue weighted by atomic mass is 10.3. The van der Waals surface area contributed by atoms with Gasteiger partial charge in [0.25, 0.3) is 10.0 Å². The Balaban J connectivity index is 2.35. The molecule has 0 amide bonds. The Hall–Kier alpha value is -2.45. The van der Waals surface area contributed by atoms with Gasteiger partial charge in [-0.2, -0.15) is 0 Å². The fourth-order valence-electron chi connectivity index (χ4n) is 2.29. The van der Waals surface area contributed by atoms with Crippen molar-refractivity contribution in [2.24, 2.45) is 0 Å². The van der Waals surface area contributed by atoms with Gasteiger partial charge in [0.1, 0.15) is 0 Å². The maximum atomic E-state index is 13.0. The van der Waals surface area contributed by atoms with Crippen LogP contribution in [0, 0.1) is 0 Å². The van der Waals surface area contributed by atoms with Gasteiger partial charge in [-0.1, -0.05) is 18.2 Å². The fraction of sp³-hybridized carbons (Fsp3) is 0. The zero-order valence-electron chi connectivity index (χ0n) is 12.1. The van der Waals surface area contributed by atoms with E-state index in [1.165, 1.54) is 24.4 Å². The quantitative estimate of drug-likeness (QED) is 0.672. The van der Waals surface area contributed by atoms with Crippen molar-refractivity contribution in [1.29, 1.82) is 0 Å². The minimum atomic E-state index is -3.93. The Morgan fingerprint density at radius 1 is 1.21 bits per heavy atom. The number of carboxylic acids is 1. The number of fused-ring (bicyclic) bond motifs is 1. The van der Waals surface area contributed by atoms with Crippen molar-refractivity contribution in [3.8, 4) is 0 Å². The van der Waals surface area contributed by atoms with Gasteiger partial charge in [-0.3, -0.25) is 0 Å². The molecule has 0 spiro atoms. The molecule has 0 aliphatic heterocycles. The number of halogens is 1. The molecule has 0 saturated heterocycles. The van der Waals surface area contributed by atoms with E-state index in [9.17, 15) is 13.2 Å². The fourth-order valence-corrected chi connectivity index (χ4v) is 4.17. The zero-order chi connectivity index (χ0) is 17.3. The molecule has 0 saturated carbocycles. The number of benzene rings is 1. The molecule has 0 unspecified atom stereocenters. The van der Waals surface area contributed by atoms with Crippen molar-refractivity contribution >= 4 is 49.0 Å². The predicted octanol–water partition coefficient (Wildman–Crippen LogP) is 3.13. The highest BCUT2D eigenvalue weighted by Gasteiger charge is 2.23. The predicted molar refractivity (Wildman–Crippen MR) is 93.1 cm³/mol. The molecule has 2 heterocycles. The number of carboxylic acid groups (broad SMARTS) is 1. The first-order chi connectivity index (χ1) is 11.4. The van der Waals surface area contributed by atoms with Gasteiger partial charge in [0.2, 0.25) is 0 Å². The average Bonchev–Trinajstić information content (AvgIpc) is 2.94. The van der Waals surface area contributed by atoms with Crippen LogP contribution in [0.1, 0.15) is 5.69 Å². The van der Waals surface area contributed by atoms with E-state index in [0.29, 0.717) is 9.86 Å². The number of hydrogen-bond acceptors (Lipinski definition) is 4. The van der Waals surface area contributed by atoms with E-state index in [4.69, 9.17) is 5.11 Å². The normalized spacial score (nSPS) is 12.0. The minimum Gasteiger partial charge on any atom is -0.478 e. The highest BCUT2D eigenvalue weighted by molar-refractivity contribution is 9.10. The third kappa shape index (κ3) is 2.85. The van der Waals surface area contributed by atoms with Gasteiger partial charge in [-0.15, -0.1) is 0 Å². The maximum absolute atomic E-state index is 13.0. The van der Waals surface area contributed by atoms with Crippen LogP contribution in [0.3, 0.4) is 0 Å². The highest BCUT2D eigenvalue weighted by atomic mass is 79.9. The van der Waals surface area contributed by atoms with Crippen molar-refractivity contribution < 1.29 is 18.3 Å². The molecule has 0 fully saturated rings. The summed E-state index contributed by atoms with van der Waals surface area (Å²) < 4.78 is 27.7. The second kappa shape index (κ2) is 6.21. The summed E-state index contributed by atoms with van der Waals surface area (Å²) in [4.78, 5) is 15.1. The zero-order valence-corrected chi connectivity index (χ0v) is 14.5. The molecule has 8 heteroatoms. The number of nitrogens with zero attached hydrogens (tertiary/aromatic N) is 2. The highest BCUT2D eigenvalue weighted by Crippen LogP contribution is 2.29. The van der Waals surface area contributed by atoms with E-state index in [0.717, 1.165) is 10.0 Å². The molecular weight excluding hydrogens is 396 g/mol. The third-order valence-electron chi connectivity index (χ3n) is 3.31. The van der Waals surface area contributed by atoms with Crippen LogP contribution in [0.25, 0.3) is 17.1 Å². The van der Waals surface area contributed by atoms with Gasteiger partial charge in [0, 0.05) is 22.1 Å². The van der Waals surface area contributed by atoms with E-state index < -0.39 is 16.0 Å². The van der Waals surface area contributed by atoms with E-state index in [1.807, 2.05) is 0 Å². The van der Waals surface area contributed by atoms with E-state index in [-0.39, 0.29) is 16.2 Å². The Kier molecular flexibility index (Phi) is 4.25. The van der Waals surface area contributed by atoms with Crippen LogP contribution in [0.15, 0.2) is 64.1 Å². The minimum absolute atomic E-state index is 0.0919. The molecule has 1 N–H and O–H groups in total. The average molecular weight is 407 g/mol. The molecule has 0 bridgehead atoms. The summed E-state index contributed by atoms with van der Waals surface area (Å²) in [5, 5.41) is 9.42. The van der Waals surface area contributed by atoms with Gasteiger partial charge >= 0.3 is 5.97 Å². The van der Waals surface area contributed by atoms with Crippen LogP contribution in [-0.2, 0) is 14.8 Å². The summed E-state index contributed by atoms with van der Waals surface area (Å²) in [5.74, 6) is -1.17.